The first-order valence-corrected chi connectivity index (χ1v) is 6.60. The highest BCUT2D eigenvalue weighted by Gasteiger charge is 2.29. The Morgan fingerprint density at radius 3 is 2.40 bits per heavy atom. The van der Waals surface area contributed by atoms with E-state index in [1.54, 1.807) is 7.11 Å². The fourth-order valence-corrected chi connectivity index (χ4v) is 2.59. The molecule has 3 rings (SSSR count). The summed E-state index contributed by atoms with van der Waals surface area (Å²) in [6.07, 6.45) is 0. The summed E-state index contributed by atoms with van der Waals surface area (Å²) < 4.78 is 5.35. The maximum absolute atomic E-state index is 5.35. The summed E-state index contributed by atoms with van der Waals surface area (Å²) in [5.41, 5.74) is 4.61. The number of anilines is 3. The van der Waals surface area contributed by atoms with E-state index in [4.69, 9.17) is 4.74 Å². The highest BCUT2D eigenvalue weighted by molar-refractivity contribution is 5.89. The monoisotopic (exact) mass is 266 g/mol. The Morgan fingerprint density at radius 2 is 1.70 bits per heavy atom. The summed E-state index contributed by atoms with van der Waals surface area (Å²) in [6.45, 7) is 6.32. The zero-order valence-electron chi connectivity index (χ0n) is 12.1. The molecule has 1 heterocycles. The second-order valence-corrected chi connectivity index (χ2v) is 4.95. The number of ether oxygens (including phenoxy) is 1. The van der Waals surface area contributed by atoms with Crippen molar-refractivity contribution >= 4 is 17.1 Å². The van der Waals surface area contributed by atoms with Crippen LogP contribution in [0.1, 0.15) is 5.56 Å². The van der Waals surface area contributed by atoms with Crippen LogP contribution < -0.4 is 14.5 Å². The van der Waals surface area contributed by atoms with E-state index in [-0.39, 0.29) is 0 Å². The van der Waals surface area contributed by atoms with Gasteiger partial charge in [0.15, 0.2) is 0 Å². The summed E-state index contributed by atoms with van der Waals surface area (Å²) in [5.74, 6) is 1.80. The lowest BCUT2D eigenvalue weighted by Gasteiger charge is -2.24. The number of methoxy groups -OCH3 is 1. The van der Waals surface area contributed by atoms with Gasteiger partial charge in [-0.25, -0.2) is 0 Å². The van der Waals surface area contributed by atoms with E-state index in [1.807, 2.05) is 25.2 Å². The van der Waals surface area contributed by atoms with Gasteiger partial charge in [0.25, 0.3) is 0 Å². The van der Waals surface area contributed by atoms with Crippen LogP contribution in [0.15, 0.2) is 54.9 Å². The van der Waals surface area contributed by atoms with Crippen LogP contribution in [0, 0.1) is 6.92 Å². The number of aryl methyl sites for hydroxylation is 1. The number of hydrogen-bond acceptors (Lipinski definition) is 3. The molecule has 0 fully saturated rings. The Morgan fingerprint density at radius 1 is 1.00 bits per heavy atom. The summed E-state index contributed by atoms with van der Waals surface area (Å²) in [7, 11) is 3.73. The predicted molar refractivity (Wildman–Crippen MR) is 83.9 cm³/mol. The number of nitrogens with zero attached hydrogens (tertiary/aromatic N) is 2. The number of para-hydroxylation sites is 2. The number of rotatable bonds is 2. The number of benzene rings is 2. The van der Waals surface area contributed by atoms with Crippen LogP contribution in [0.2, 0.25) is 0 Å². The van der Waals surface area contributed by atoms with Gasteiger partial charge in [0.05, 0.1) is 24.2 Å². The maximum Gasteiger partial charge on any atom is 0.120 e. The van der Waals surface area contributed by atoms with Crippen molar-refractivity contribution in [3.05, 3.63) is 60.4 Å². The fourth-order valence-electron chi connectivity index (χ4n) is 2.59. The van der Waals surface area contributed by atoms with Crippen LogP contribution >= 0.6 is 0 Å². The molecule has 3 heteroatoms. The third-order valence-electron chi connectivity index (χ3n) is 3.79. The van der Waals surface area contributed by atoms with Crippen molar-refractivity contribution in [3.8, 4) is 5.75 Å². The van der Waals surface area contributed by atoms with Gasteiger partial charge in [0, 0.05) is 13.1 Å². The average Bonchev–Trinajstić information content (AvgIpc) is 2.72. The maximum atomic E-state index is 5.35. The molecule has 2 aromatic carbocycles. The Bertz CT molecular complexity index is 678. The second-order valence-electron chi connectivity index (χ2n) is 4.95. The SMILES string of the molecule is C=C1N(C)c2ccccc2N1c1cc(OC)ccc1C. The van der Waals surface area contributed by atoms with Gasteiger partial charge in [-0.15, -0.1) is 0 Å². The van der Waals surface area contributed by atoms with Gasteiger partial charge in [-0.05, 0) is 30.7 Å². The molecule has 0 atom stereocenters. The molecule has 2 aromatic rings. The zero-order chi connectivity index (χ0) is 14.3. The lowest BCUT2D eigenvalue weighted by atomic mass is 10.1. The van der Waals surface area contributed by atoms with E-state index in [0.717, 1.165) is 22.9 Å². The lowest BCUT2D eigenvalue weighted by Crippen LogP contribution is -2.21. The molecule has 0 N–H and O–H groups in total. The molecule has 0 amide bonds. The quantitative estimate of drug-likeness (QED) is 0.815. The van der Waals surface area contributed by atoms with Crippen molar-refractivity contribution in [2.75, 3.05) is 24.0 Å². The van der Waals surface area contributed by atoms with Gasteiger partial charge >= 0.3 is 0 Å². The van der Waals surface area contributed by atoms with Crippen LogP contribution in [0.4, 0.5) is 17.1 Å². The van der Waals surface area contributed by atoms with Crippen LogP contribution in [-0.4, -0.2) is 14.2 Å². The highest BCUT2D eigenvalue weighted by Crippen LogP contribution is 2.45. The minimum Gasteiger partial charge on any atom is -0.497 e. The number of fused-ring (bicyclic) bond motifs is 1. The van der Waals surface area contributed by atoms with Crippen molar-refractivity contribution in [3.63, 3.8) is 0 Å². The van der Waals surface area contributed by atoms with Gasteiger partial charge in [-0.3, -0.25) is 4.90 Å². The van der Waals surface area contributed by atoms with Crippen LogP contribution in [0.3, 0.4) is 0 Å². The standard InChI is InChI=1S/C17H18N2O/c1-12-9-10-14(20-4)11-17(12)19-13(2)18(3)15-7-5-6-8-16(15)19/h5-11H,2H2,1,3-4H3. The second kappa shape index (κ2) is 4.60. The molecule has 102 valence electrons. The van der Waals surface area contributed by atoms with Crippen molar-refractivity contribution in [1.29, 1.82) is 0 Å². The van der Waals surface area contributed by atoms with Crippen molar-refractivity contribution < 1.29 is 4.74 Å². The van der Waals surface area contributed by atoms with Gasteiger partial charge in [0.2, 0.25) is 0 Å². The topological polar surface area (TPSA) is 15.7 Å². The van der Waals surface area contributed by atoms with Crippen molar-refractivity contribution in [1.82, 2.24) is 0 Å². The molecule has 1 aliphatic heterocycles. The van der Waals surface area contributed by atoms with Crippen LogP contribution in [-0.2, 0) is 0 Å². The van der Waals surface area contributed by atoms with E-state index in [0.29, 0.717) is 0 Å². The number of hydrogen-bond donors (Lipinski definition) is 0. The largest absolute Gasteiger partial charge is 0.497 e. The van der Waals surface area contributed by atoms with E-state index in [2.05, 4.69) is 47.6 Å². The Hall–Kier alpha value is -2.42. The minimum absolute atomic E-state index is 0.852. The van der Waals surface area contributed by atoms with Gasteiger partial charge < -0.3 is 9.64 Å². The summed E-state index contributed by atoms with van der Waals surface area (Å²) in [5, 5.41) is 0. The lowest BCUT2D eigenvalue weighted by molar-refractivity contribution is 0.415. The molecule has 0 saturated carbocycles. The molecule has 0 bridgehead atoms. The molecular formula is C17H18N2O. The molecule has 3 nitrogen and oxygen atoms in total. The summed E-state index contributed by atoms with van der Waals surface area (Å²) in [4.78, 5) is 4.28. The van der Waals surface area contributed by atoms with Crippen molar-refractivity contribution in [2.24, 2.45) is 0 Å². The third-order valence-corrected chi connectivity index (χ3v) is 3.79. The van der Waals surface area contributed by atoms with E-state index in [9.17, 15) is 0 Å². The normalized spacial score (nSPS) is 13.7. The third kappa shape index (κ3) is 1.74. The molecule has 1 aliphatic rings. The molecule has 0 aliphatic carbocycles. The highest BCUT2D eigenvalue weighted by atomic mass is 16.5. The summed E-state index contributed by atoms with van der Waals surface area (Å²) >= 11 is 0. The van der Waals surface area contributed by atoms with E-state index < -0.39 is 0 Å². The predicted octanol–water partition coefficient (Wildman–Crippen LogP) is 4.06. The molecule has 0 aromatic heterocycles. The molecule has 0 saturated heterocycles. The molecule has 20 heavy (non-hydrogen) atoms. The fraction of sp³-hybridized carbons (Fsp3) is 0.176. The summed E-state index contributed by atoms with van der Waals surface area (Å²) in [6, 6.07) is 14.4. The minimum atomic E-state index is 0.852. The van der Waals surface area contributed by atoms with Gasteiger partial charge in [0.1, 0.15) is 11.6 Å². The van der Waals surface area contributed by atoms with Gasteiger partial charge in [-0.2, -0.15) is 0 Å². The molecule has 0 radical (unpaired) electrons. The van der Waals surface area contributed by atoms with Crippen molar-refractivity contribution in [2.45, 2.75) is 6.92 Å². The van der Waals surface area contributed by atoms with Crippen LogP contribution in [0.5, 0.6) is 5.75 Å². The Balaban J connectivity index is 2.18. The first-order valence-electron chi connectivity index (χ1n) is 6.60. The smallest absolute Gasteiger partial charge is 0.120 e. The first kappa shape index (κ1) is 12.6. The zero-order valence-corrected chi connectivity index (χ0v) is 12.1. The Labute approximate surface area is 119 Å². The molecular weight excluding hydrogens is 248 g/mol. The average molecular weight is 266 g/mol. The van der Waals surface area contributed by atoms with Crippen LogP contribution in [0.25, 0.3) is 0 Å². The molecule has 0 spiro atoms. The van der Waals surface area contributed by atoms with E-state index >= 15 is 0 Å². The van der Waals surface area contributed by atoms with Gasteiger partial charge in [-0.1, -0.05) is 24.8 Å². The van der Waals surface area contributed by atoms with E-state index in [1.165, 1.54) is 11.3 Å². The Kier molecular flexibility index (Phi) is 2.90. The first-order chi connectivity index (χ1) is 9.63. The molecule has 0 unspecified atom stereocenters.